The van der Waals surface area contributed by atoms with Crippen LogP contribution in [0.15, 0.2) is 12.1 Å². The molecule has 0 spiro atoms. The Hall–Kier alpha value is -1.93. The zero-order valence-electron chi connectivity index (χ0n) is 7.65. The molecule has 0 heterocycles. The number of carbonyl (C=O) groups is 1. The molecule has 5 nitrogen and oxygen atoms in total. The van der Waals surface area contributed by atoms with Crippen LogP contribution in [0, 0.1) is 21.4 Å². The fraction of sp³-hybridized carbons (Fsp3) is 0.111. The van der Waals surface area contributed by atoms with Crippen LogP contribution in [0.25, 0.3) is 0 Å². The second-order valence-corrected chi connectivity index (χ2v) is 3.18. The van der Waals surface area contributed by atoms with Gasteiger partial charge in [0.05, 0.1) is 21.1 Å². The molecule has 0 saturated carbocycles. The summed E-state index contributed by atoms with van der Waals surface area (Å²) in [4.78, 5) is 20.9. The van der Waals surface area contributed by atoms with Gasteiger partial charge in [0.1, 0.15) is 6.07 Å². The monoisotopic (exact) mass is 224 g/mol. The van der Waals surface area contributed by atoms with Crippen molar-refractivity contribution in [3.63, 3.8) is 0 Å². The maximum Gasteiger partial charge on any atom is 0.272 e. The fourth-order valence-electron chi connectivity index (χ4n) is 1.14. The highest BCUT2D eigenvalue weighted by Gasteiger charge is 2.17. The number of hydrogen-bond acceptors (Lipinski definition) is 4. The Kier molecular flexibility index (Phi) is 3.02. The van der Waals surface area contributed by atoms with Gasteiger partial charge in [0.2, 0.25) is 0 Å². The minimum Gasteiger partial charge on any atom is -0.294 e. The van der Waals surface area contributed by atoms with Crippen molar-refractivity contribution in [2.75, 3.05) is 0 Å². The zero-order valence-corrected chi connectivity index (χ0v) is 8.41. The van der Waals surface area contributed by atoms with Crippen LogP contribution in [0.4, 0.5) is 5.69 Å². The standard InChI is InChI=1S/C9H5ClN2O3/c1-5(13)9-6(4-11)2-7(12(14)15)3-8(9)10/h2-3H,1H3. The van der Waals surface area contributed by atoms with Crippen molar-refractivity contribution < 1.29 is 9.72 Å². The predicted molar refractivity (Wildman–Crippen MR) is 52.8 cm³/mol. The largest absolute Gasteiger partial charge is 0.294 e. The summed E-state index contributed by atoms with van der Waals surface area (Å²) in [5, 5.41) is 19.1. The van der Waals surface area contributed by atoms with E-state index in [1.165, 1.54) is 6.92 Å². The molecule has 0 saturated heterocycles. The highest BCUT2D eigenvalue weighted by molar-refractivity contribution is 6.34. The fourth-order valence-corrected chi connectivity index (χ4v) is 1.49. The number of rotatable bonds is 2. The van der Waals surface area contributed by atoms with Gasteiger partial charge < -0.3 is 0 Å². The highest BCUT2D eigenvalue weighted by atomic mass is 35.5. The van der Waals surface area contributed by atoms with Crippen molar-refractivity contribution >= 4 is 23.1 Å². The number of hydrogen-bond donors (Lipinski definition) is 0. The maximum atomic E-state index is 11.1. The second-order valence-electron chi connectivity index (χ2n) is 2.78. The molecule has 0 aromatic heterocycles. The van der Waals surface area contributed by atoms with Gasteiger partial charge in [0, 0.05) is 12.1 Å². The molecule has 0 radical (unpaired) electrons. The third-order valence-corrected chi connectivity index (χ3v) is 2.06. The minimum absolute atomic E-state index is 0.0183. The highest BCUT2D eigenvalue weighted by Crippen LogP contribution is 2.26. The van der Waals surface area contributed by atoms with Crippen LogP contribution in [0.2, 0.25) is 5.02 Å². The molecule has 0 bridgehead atoms. The van der Waals surface area contributed by atoms with Gasteiger partial charge in [-0.15, -0.1) is 0 Å². The van der Waals surface area contributed by atoms with E-state index in [0.29, 0.717) is 0 Å². The van der Waals surface area contributed by atoms with Gasteiger partial charge in [-0.05, 0) is 6.92 Å². The van der Waals surface area contributed by atoms with E-state index >= 15 is 0 Å². The first kappa shape index (κ1) is 11.1. The summed E-state index contributed by atoms with van der Waals surface area (Å²) >= 11 is 5.68. The third kappa shape index (κ3) is 2.11. The number of halogens is 1. The molecular formula is C9H5ClN2O3. The Morgan fingerprint density at radius 2 is 2.20 bits per heavy atom. The molecule has 1 rings (SSSR count). The van der Waals surface area contributed by atoms with Gasteiger partial charge in [-0.2, -0.15) is 5.26 Å². The van der Waals surface area contributed by atoms with E-state index in [1.807, 2.05) is 0 Å². The van der Waals surface area contributed by atoms with Crippen molar-refractivity contribution in [3.05, 3.63) is 38.4 Å². The summed E-state index contributed by atoms with van der Waals surface area (Å²) in [7, 11) is 0. The number of nitrogens with zero attached hydrogens (tertiary/aromatic N) is 2. The molecule has 15 heavy (non-hydrogen) atoms. The topological polar surface area (TPSA) is 84.0 Å². The Morgan fingerprint density at radius 1 is 1.60 bits per heavy atom. The molecule has 0 aliphatic carbocycles. The van der Waals surface area contributed by atoms with Crippen LogP contribution in [0.1, 0.15) is 22.8 Å². The predicted octanol–water partition coefficient (Wildman–Crippen LogP) is 2.32. The summed E-state index contributed by atoms with van der Waals surface area (Å²) in [6, 6.07) is 3.79. The molecule has 1 aromatic rings. The SMILES string of the molecule is CC(=O)c1c(Cl)cc([N+](=O)[O-])cc1C#N. The van der Waals surface area contributed by atoms with Crippen LogP contribution in [0.3, 0.4) is 0 Å². The Balaban J connectivity index is 3.53. The molecule has 0 atom stereocenters. The lowest BCUT2D eigenvalue weighted by Gasteiger charge is -2.02. The summed E-state index contributed by atoms with van der Waals surface area (Å²) in [6.45, 7) is 1.24. The van der Waals surface area contributed by atoms with E-state index in [0.717, 1.165) is 12.1 Å². The van der Waals surface area contributed by atoms with Crippen molar-refractivity contribution in [2.45, 2.75) is 6.92 Å². The number of carbonyl (C=O) groups excluding carboxylic acids is 1. The van der Waals surface area contributed by atoms with E-state index in [9.17, 15) is 14.9 Å². The molecule has 0 aliphatic heterocycles. The molecule has 0 unspecified atom stereocenters. The minimum atomic E-state index is -0.670. The van der Waals surface area contributed by atoms with E-state index in [1.54, 1.807) is 6.07 Å². The normalized spacial score (nSPS) is 9.40. The van der Waals surface area contributed by atoms with Gasteiger partial charge >= 0.3 is 0 Å². The van der Waals surface area contributed by atoms with Gasteiger partial charge in [0.15, 0.2) is 5.78 Å². The van der Waals surface area contributed by atoms with Crippen LogP contribution in [-0.2, 0) is 0 Å². The first-order valence-electron chi connectivity index (χ1n) is 3.86. The summed E-state index contributed by atoms with van der Waals surface area (Å²) in [6.07, 6.45) is 0. The smallest absolute Gasteiger partial charge is 0.272 e. The van der Waals surface area contributed by atoms with Crippen molar-refractivity contribution in [1.29, 1.82) is 5.26 Å². The van der Waals surface area contributed by atoms with Gasteiger partial charge in [-0.1, -0.05) is 11.6 Å². The van der Waals surface area contributed by atoms with Crippen molar-refractivity contribution in [2.24, 2.45) is 0 Å². The number of Topliss-reactive ketones (excluding diaryl/α,β-unsaturated/α-hetero) is 1. The van der Waals surface area contributed by atoms with Crippen molar-refractivity contribution in [3.8, 4) is 6.07 Å². The van der Waals surface area contributed by atoms with E-state index in [2.05, 4.69) is 0 Å². The molecule has 0 amide bonds. The molecule has 76 valence electrons. The van der Waals surface area contributed by atoms with Crippen molar-refractivity contribution in [1.82, 2.24) is 0 Å². The summed E-state index contributed by atoms with van der Waals surface area (Å²) in [5.74, 6) is -0.397. The van der Waals surface area contributed by atoms with Crippen LogP contribution in [0.5, 0.6) is 0 Å². The molecular weight excluding hydrogens is 220 g/mol. The molecule has 6 heteroatoms. The molecule has 0 N–H and O–H groups in total. The number of nitro groups is 1. The van der Waals surface area contributed by atoms with Crippen LogP contribution >= 0.6 is 11.6 Å². The average Bonchev–Trinajstić information content (AvgIpc) is 2.15. The first-order chi connectivity index (χ1) is 6.97. The Morgan fingerprint density at radius 3 is 2.60 bits per heavy atom. The van der Waals surface area contributed by atoms with E-state index in [-0.39, 0.29) is 21.8 Å². The Bertz CT molecular complexity index is 491. The van der Waals surface area contributed by atoms with Gasteiger partial charge in [-0.3, -0.25) is 14.9 Å². The number of benzene rings is 1. The van der Waals surface area contributed by atoms with Gasteiger partial charge in [-0.25, -0.2) is 0 Å². The summed E-state index contributed by atoms with van der Waals surface area (Å²) < 4.78 is 0. The third-order valence-electron chi connectivity index (χ3n) is 1.76. The number of nitro benzene ring substituents is 1. The van der Waals surface area contributed by atoms with E-state index < -0.39 is 10.7 Å². The molecule has 0 fully saturated rings. The summed E-state index contributed by atoms with van der Waals surface area (Å²) in [5.41, 5.74) is -0.368. The lowest BCUT2D eigenvalue weighted by molar-refractivity contribution is -0.384. The van der Waals surface area contributed by atoms with Crippen LogP contribution < -0.4 is 0 Å². The van der Waals surface area contributed by atoms with Gasteiger partial charge in [0.25, 0.3) is 5.69 Å². The number of non-ortho nitro benzene ring substituents is 1. The van der Waals surface area contributed by atoms with Crippen LogP contribution in [-0.4, -0.2) is 10.7 Å². The lowest BCUT2D eigenvalue weighted by Crippen LogP contribution is -2.00. The quantitative estimate of drug-likeness (QED) is 0.438. The number of ketones is 1. The molecule has 1 aromatic carbocycles. The first-order valence-corrected chi connectivity index (χ1v) is 4.24. The zero-order chi connectivity index (χ0) is 11.6. The second kappa shape index (κ2) is 4.07. The Labute approximate surface area is 90.0 Å². The maximum absolute atomic E-state index is 11.1. The van der Waals surface area contributed by atoms with E-state index in [4.69, 9.17) is 16.9 Å². The molecule has 0 aliphatic rings. The average molecular weight is 225 g/mol. The lowest BCUT2D eigenvalue weighted by atomic mass is 10.0. The number of nitriles is 1.